The zero-order valence-electron chi connectivity index (χ0n) is 10.8. The Labute approximate surface area is 112 Å². The Morgan fingerprint density at radius 2 is 1.70 bits per heavy atom. The minimum absolute atomic E-state index is 0.0103. The molecule has 0 radical (unpaired) electrons. The van der Waals surface area contributed by atoms with Crippen molar-refractivity contribution in [1.29, 1.82) is 0 Å². The summed E-state index contributed by atoms with van der Waals surface area (Å²) in [5, 5.41) is 8.90. The zero-order chi connectivity index (χ0) is 15.3. The number of rotatable bonds is 6. The maximum absolute atomic E-state index is 12.1. The molecule has 0 saturated heterocycles. The Morgan fingerprint density at radius 1 is 1.20 bits per heavy atom. The van der Waals surface area contributed by atoms with E-state index in [9.17, 15) is 18.0 Å². The molecule has 0 bridgehead atoms. The number of benzene rings is 1. The summed E-state index contributed by atoms with van der Waals surface area (Å²) in [5.41, 5.74) is -0.123. The first-order valence-electron chi connectivity index (χ1n) is 5.47. The van der Waals surface area contributed by atoms with E-state index in [-0.39, 0.29) is 22.8 Å². The quantitative estimate of drug-likeness (QED) is 0.874. The number of hydrogen-bond acceptors (Lipinski definition) is 4. The van der Waals surface area contributed by atoms with Crippen molar-refractivity contribution in [2.75, 3.05) is 20.8 Å². The molecular formula is C12H13F3O5. The predicted octanol–water partition coefficient (Wildman–Crippen LogP) is 2.73. The normalized spacial score (nSPS) is 11.1. The first-order chi connectivity index (χ1) is 9.28. The SMILES string of the molecule is COc1cc(C(=O)O)cc(OC)c1OCCC(F)(F)F. The third kappa shape index (κ3) is 4.22. The molecule has 0 aliphatic heterocycles. The summed E-state index contributed by atoms with van der Waals surface area (Å²) in [5.74, 6) is -1.31. The molecule has 0 saturated carbocycles. The average Bonchev–Trinajstić information content (AvgIpc) is 2.36. The summed E-state index contributed by atoms with van der Waals surface area (Å²) < 4.78 is 51.0. The standard InChI is InChI=1S/C12H13F3O5/c1-18-8-5-7(11(16)17)6-9(19-2)10(8)20-4-3-12(13,14)15/h5-6H,3-4H2,1-2H3,(H,16,17). The van der Waals surface area contributed by atoms with Crippen molar-refractivity contribution in [3.8, 4) is 17.2 Å². The highest BCUT2D eigenvalue weighted by molar-refractivity contribution is 5.89. The van der Waals surface area contributed by atoms with Crippen LogP contribution in [0.2, 0.25) is 0 Å². The van der Waals surface area contributed by atoms with Gasteiger partial charge in [-0.1, -0.05) is 0 Å². The van der Waals surface area contributed by atoms with Crippen LogP contribution in [0.1, 0.15) is 16.8 Å². The van der Waals surface area contributed by atoms with Gasteiger partial charge in [-0.15, -0.1) is 0 Å². The summed E-state index contributed by atoms with van der Waals surface area (Å²) in [4.78, 5) is 10.9. The number of carboxylic acid groups (broad SMARTS) is 1. The van der Waals surface area contributed by atoms with E-state index in [1.165, 1.54) is 14.2 Å². The summed E-state index contributed by atoms with van der Waals surface area (Å²) in [6, 6.07) is 2.29. The lowest BCUT2D eigenvalue weighted by molar-refractivity contribution is -0.139. The predicted molar refractivity (Wildman–Crippen MR) is 62.7 cm³/mol. The van der Waals surface area contributed by atoms with Crippen LogP contribution in [0.15, 0.2) is 12.1 Å². The van der Waals surface area contributed by atoms with E-state index in [1.807, 2.05) is 0 Å². The van der Waals surface area contributed by atoms with Crippen LogP contribution in [0.3, 0.4) is 0 Å². The Morgan fingerprint density at radius 3 is 2.05 bits per heavy atom. The van der Waals surface area contributed by atoms with Gasteiger partial charge in [-0.2, -0.15) is 13.2 Å². The van der Waals surface area contributed by atoms with Gasteiger partial charge in [0.25, 0.3) is 0 Å². The molecule has 0 fully saturated rings. The molecule has 0 spiro atoms. The van der Waals surface area contributed by atoms with E-state index in [0.29, 0.717) is 0 Å². The van der Waals surface area contributed by atoms with E-state index < -0.39 is 25.2 Å². The van der Waals surface area contributed by atoms with Gasteiger partial charge < -0.3 is 19.3 Å². The van der Waals surface area contributed by atoms with Gasteiger partial charge in [0, 0.05) is 0 Å². The third-order valence-electron chi connectivity index (χ3n) is 2.34. The molecule has 1 aromatic carbocycles. The second kappa shape index (κ2) is 6.36. The summed E-state index contributed by atoms with van der Waals surface area (Å²) in [7, 11) is 2.49. The Bertz CT molecular complexity index is 459. The van der Waals surface area contributed by atoms with Crippen LogP contribution < -0.4 is 14.2 Å². The first-order valence-corrected chi connectivity index (χ1v) is 5.47. The maximum atomic E-state index is 12.1. The first kappa shape index (κ1) is 15.9. The van der Waals surface area contributed by atoms with Crippen LogP contribution in [0.25, 0.3) is 0 Å². The van der Waals surface area contributed by atoms with Gasteiger partial charge in [0.2, 0.25) is 5.75 Å². The number of alkyl halides is 3. The van der Waals surface area contributed by atoms with Crippen molar-refractivity contribution in [1.82, 2.24) is 0 Å². The molecule has 0 unspecified atom stereocenters. The molecule has 0 aliphatic rings. The highest BCUT2D eigenvalue weighted by Gasteiger charge is 2.27. The number of hydrogen-bond donors (Lipinski definition) is 1. The number of methoxy groups -OCH3 is 2. The highest BCUT2D eigenvalue weighted by Crippen LogP contribution is 2.39. The van der Waals surface area contributed by atoms with Gasteiger partial charge in [-0.05, 0) is 12.1 Å². The van der Waals surface area contributed by atoms with Crippen LogP contribution in [0.5, 0.6) is 17.2 Å². The van der Waals surface area contributed by atoms with Crippen molar-refractivity contribution in [2.45, 2.75) is 12.6 Å². The zero-order valence-corrected chi connectivity index (χ0v) is 10.8. The van der Waals surface area contributed by atoms with Crippen LogP contribution in [-0.4, -0.2) is 38.1 Å². The fourth-order valence-electron chi connectivity index (χ4n) is 1.41. The molecule has 0 aromatic heterocycles. The number of carbonyl (C=O) groups is 1. The molecule has 8 heteroatoms. The summed E-state index contributed by atoms with van der Waals surface area (Å²) in [6.45, 7) is -0.622. The number of ether oxygens (including phenoxy) is 3. The number of aromatic carboxylic acids is 1. The molecule has 112 valence electrons. The van der Waals surface area contributed by atoms with Gasteiger partial charge in [-0.25, -0.2) is 4.79 Å². The van der Waals surface area contributed by atoms with Crippen molar-refractivity contribution in [3.05, 3.63) is 17.7 Å². The van der Waals surface area contributed by atoms with E-state index in [2.05, 4.69) is 0 Å². The second-order valence-corrected chi connectivity index (χ2v) is 3.73. The van der Waals surface area contributed by atoms with Crippen molar-refractivity contribution in [2.24, 2.45) is 0 Å². The lowest BCUT2D eigenvalue weighted by Gasteiger charge is -2.15. The molecule has 0 heterocycles. The lowest BCUT2D eigenvalue weighted by atomic mass is 10.2. The lowest BCUT2D eigenvalue weighted by Crippen LogP contribution is -2.13. The van der Waals surface area contributed by atoms with Crippen LogP contribution in [0.4, 0.5) is 13.2 Å². The molecule has 0 amide bonds. The number of carboxylic acids is 1. The minimum Gasteiger partial charge on any atom is -0.493 e. The van der Waals surface area contributed by atoms with Gasteiger partial charge in [-0.3, -0.25) is 0 Å². The average molecular weight is 294 g/mol. The molecule has 5 nitrogen and oxygen atoms in total. The fraction of sp³-hybridized carbons (Fsp3) is 0.417. The van der Waals surface area contributed by atoms with Gasteiger partial charge in [0.05, 0.1) is 32.8 Å². The van der Waals surface area contributed by atoms with Crippen molar-refractivity contribution in [3.63, 3.8) is 0 Å². The minimum atomic E-state index is -4.35. The van der Waals surface area contributed by atoms with Gasteiger partial charge in [0.15, 0.2) is 11.5 Å². The smallest absolute Gasteiger partial charge is 0.392 e. The fourth-order valence-corrected chi connectivity index (χ4v) is 1.41. The monoisotopic (exact) mass is 294 g/mol. The molecule has 1 aromatic rings. The molecule has 1 N–H and O–H groups in total. The Balaban J connectivity index is 3.01. The molecule has 0 atom stereocenters. The summed E-state index contributed by atoms with van der Waals surface area (Å²) >= 11 is 0. The highest BCUT2D eigenvalue weighted by atomic mass is 19.4. The van der Waals surface area contributed by atoms with Crippen molar-refractivity contribution < 1.29 is 37.3 Å². The van der Waals surface area contributed by atoms with Crippen LogP contribution in [0, 0.1) is 0 Å². The van der Waals surface area contributed by atoms with Gasteiger partial charge >= 0.3 is 12.1 Å². The second-order valence-electron chi connectivity index (χ2n) is 3.73. The summed E-state index contributed by atoms with van der Waals surface area (Å²) in [6.07, 6.45) is -5.48. The molecule has 0 aliphatic carbocycles. The van der Waals surface area contributed by atoms with E-state index in [4.69, 9.17) is 19.3 Å². The van der Waals surface area contributed by atoms with E-state index >= 15 is 0 Å². The van der Waals surface area contributed by atoms with E-state index in [1.54, 1.807) is 0 Å². The number of halogens is 3. The molecule has 20 heavy (non-hydrogen) atoms. The van der Waals surface area contributed by atoms with Gasteiger partial charge in [0.1, 0.15) is 0 Å². The Hall–Kier alpha value is -2.12. The molecule has 1 rings (SSSR count). The largest absolute Gasteiger partial charge is 0.493 e. The Kier molecular flexibility index (Phi) is 5.06. The molecular weight excluding hydrogens is 281 g/mol. The van der Waals surface area contributed by atoms with Crippen LogP contribution in [-0.2, 0) is 0 Å². The van der Waals surface area contributed by atoms with E-state index in [0.717, 1.165) is 12.1 Å². The third-order valence-corrected chi connectivity index (χ3v) is 2.34. The van der Waals surface area contributed by atoms with Crippen LogP contribution >= 0.6 is 0 Å². The topological polar surface area (TPSA) is 65.0 Å². The maximum Gasteiger partial charge on any atom is 0.392 e. The van der Waals surface area contributed by atoms with Crippen molar-refractivity contribution >= 4 is 5.97 Å².